The van der Waals surface area contributed by atoms with E-state index in [1.807, 2.05) is 6.92 Å². The Kier molecular flexibility index (Phi) is 9.98. The molecule has 5 rings (SSSR count). The highest BCUT2D eigenvalue weighted by Gasteiger charge is 2.82. The van der Waals surface area contributed by atoms with E-state index in [-0.39, 0.29) is 51.3 Å². The highest BCUT2D eigenvalue weighted by Crippen LogP contribution is 2.56. The van der Waals surface area contributed by atoms with E-state index in [1.165, 1.54) is 42.5 Å². The number of unbranched alkanes of at least 4 members (excludes halogenated alkanes) is 1. The zero-order valence-corrected chi connectivity index (χ0v) is 26.6. The number of fused-ring (bicyclic) bond motifs is 2. The summed E-state index contributed by atoms with van der Waals surface area (Å²) in [6.07, 6.45) is -5.27. The third-order valence-electron chi connectivity index (χ3n) is 8.11. The van der Waals surface area contributed by atoms with Crippen LogP contribution in [0.2, 0.25) is 0 Å². The number of hydrogen-bond donors (Lipinski definition) is 2. The Balaban J connectivity index is 1.45. The molecule has 2 amide bonds. The van der Waals surface area contributed by atoms with Crippen molar-refractivity contribution in [1.29, 1.82) is 0 Å². The van der Waals surface area contributed by atoms with Crippen molar-refractivity contribution < 1.29 is 63.4 Å². The second-order valence-electron chi connectivity index (χ2n) is 11.5. The lowest BCUT2D eigenvalue weighted by Gasteiger charge is -2.33. The Morgan fingerprint density at radius 3 is 1.48 bits per heavy atom. The minimum atomic E-state index is -7.11. The van der Waals surface area contributed by atoms with Crippen LogP contribution < -0.4 is 15.4 Å². The molecule has 0 radical (unpaired) electrons. The van der Waals surface area contributed by atoms with Crippen molar-refractivity contribution in [3.63, 3.8) is 0 Å². The van der Waals surface area contributed by atoms with E-state index in [4.69, 9.17) is 4.74 Å². The number of hydrogen-bond acceptors (Lipinski definition) is 5. The summed E-state index contributed by atoms with van der Waals surface area (Å²) in [5, 5.41) is 4.88. The SMILES string of the molecule is CCCCOc1ccc(C(=O)Nc2ccc(NC(=O)c3ccc(C(F)(F)C(F)(F)C(F)(F)C(F)(F)F)cc3)c3c2C(=O)c2ccccc2C3=O)cc1. The third-order valence-corrected chi connectivity index (χ3v) is 8.11. The van der Waals surface area contributed by atoms with Gasteiger partial charge in [-0.2, -0.15) is 39.5 Å². The van der Waals surface area contributed by atoms with Gasteiger partial charge in [0.25, 0.3) is 11.8 Å². The number of rotatable bonds is 11. The molecule has 0 heterocycles. The number of halogens is 9. The number of ether oxygens (including phenoxy) is 1. The Morgan fingerprint density at radius 1 is 0.615 bits per heavy atom. The third kappa shape index (κ3) is 6.60. The molecule has 0 saturated carbocycles. The summed E-state index contributed by atoms with van der Waals surface area (Å²) in [4.78, 5) is 53.8. The van der Waals surface area contributed by atoms with Gasteiger partial charge in [0.2, 0.25) is 0 Å². The monoisotopic (exact) mass is 736 g/mol. The lowest BCUT2D eigenvalue weighted by atomic mass is 9.82. The van der Waals surface area contributed by atoms with Crippen LogP contribution in [-0.4, -0.2) is 48.0 Å². The van der Waals surface area contributed by atoms with Gasteiger partial charge in [0, 0.05) is 27.8 Å². The van der Waals surface area contributed by atoms with Crippen molar-refractivity contribution in [3.05, 3.63) is 124 Å². The van der Waals surface area contributed by atoms with Crippen LogP contribution in [-0.2, 0) is 5.92 Å². The lowest BCUT2D eigenvalue weighted by Crippen LogP contribution is -2.59. The molecule has 2 N–H and O–H groups in total. The quantitative estimate of drug-likeness (QED) is 0.104. The smallest absolute Gasteiger partial charge is 0.460 e. The predicted molar refractivity (Wildman–Crippen MR) is 169 cm³/mol. The zero-order chi connectivity index (χ0) is 38.2. The highest BCUT2D eigenvalue weighted by molar-refractivity contribution is 6.33. The molecule has 1 aliphatic rings. The molecule has 0 saturated heterocycles. The maximum atomic E-state index is 14.4. The minimum absolute atomic E-state index is 0.0167. The van der Waals surface area contributed by atoms with E-state index in [1.54, 1.807) is 12.1 Å². The molecule has 4 aromatic rings. The first-order chi connectivity index (χ1) is 24.3. The molecule has 0 aromatic heterocycles. The van der Waals surface area contributed by atoms with Gasteiger partial charge in [-0.15, -0.1) is 0 Å². The van der Waals surface area contributed by atoms with Crippen LogP contribution in [0.4, 0.5) is 50.9 Å². The molecule has 272 valence electrons. The van der Waals surface area contributed by atoms with Crippen LogP contribution in [0.15, 0.2) is 84.9 Å². The molecule has 0 atom stereocenters. The summed E-state index contributed by atoms with van der Waals surface area (Å²) in [5.74, 6) is -22.9. The number of carbonyl (C=O) groups is 4. The second kappa shape index (κ2) is 13.8. The van der Waals surface area contributed by atoms with Gasteiger partial charge in [-0.1, -0.05) is 49.7 Å². The van der Waals surface area contributed by atoms with E-state index in [9.17, 15) is 58.7 Å². The zero-order valence-electron chi connectivity index (χ0n) is 26.6. The van der Waals surface area contributed by atoms with Crippen molar-refractivity contribution >= 4 is 34.8 Å². The molecule has 0 aliphatic heterocycles. The van der Waals surface area contributed by atoms with Gasteiger partial charge in [-0.25, -0.2) is 0 Å². The van der Waals surface area contributed by atoms with Crippen LogP contribution in [0.1, 0.15) is 77.9 Å². The maximum absolute atomic E-state index is 14.4. The summed E-state index contributed by atoms with van der Waals surface area (Å²) >= 11 is 0. The van der Waals surface area contributed by atoms with Crippen LogP contribution in [0.5, 0.6) is 5.75 Å². The molecule has 0 unspecified atom stereocenters. The van der Waals surface area contributed by atoms with E-state index < -0.39 is 58.5 Å². The summed E-state index contributed by atoms with van der Waals surface area (Å²) in [6.45, 7) is 2.47. The summed E-state index contributed by atoms with van der Waals surface area (Å²) in [6, 6.07) is 15.2. The number of nitrogens with one attached hydrogen (secondary N) is 2. The fraction of sp³-hybridized carbons (Fsp3) is 0.222. The first-order valence-corrected chi connectivity index (χ1v) is 15.3. The summed E-state index contributed by atoms with van der Waals surface area (Å²) < 4.78 is 127. The molecule has 7 nitrogen and oxygen atoms in total. The van der Waals surface area contributed by atoms with Gasteiger partial charge >= 0.3 is 23.9 Å². The van der Waals surface area contributed by atoms with Gasteiger partial charge in [-0.05, 0) is 55.0 Å². The molecular weight excluding hydrogens is 711 g/mol. The molecule has 0 bridgehead atoms. The standard InChI is InChI=1S/C36H25F9N2O5/c1-2-3-18-52-22-14-10-20(11-15-22)32(51)47-26-17-16-25(27-28(26)30(49)24-7-5-4-6-23(24)29(27)48)46-31(50)19-8-12-21(13-9-19)33(37,38)34(39,40)35(41,42)36(43,44)45/h4-17H,2-3,18H2,1H3,(H,46,50)(H,47,51). The molecule has 4 aromatic carbocycles. The van der Waals surface area contributed by atoms with Crippen LogP contribution in [0.25, 0.3) is 0 Å². The molecule has 16 heteroatoms. The van der Waals surface area contributed by atoms with E-state index >= 15 is 0 Å². The Labute approximate surface area is 288 Å². The van der Waals surface area contributed by atoms with Crippen molar-refractivity contribution in [2.45, 2.75) is 43.7 Å². The number of alkyl halides is 9. The van der Waals surface area contributed by atoms with Gasteiger partial charge < -0.3 is 15.4 Å². The largest absolute Gasteiger partial charge is 0.494 e. The predicted octanol–water partition coefficient (Wildman–Crippen LogP) is 9.07. The molecule has 1 aliphatic carbocycles. The highest BCUT2D eigenvalue weighted by atomic mass is 19.4. The average Bonchev–Trinajstić information content (AvgIpc) is 3.10. The van der Waals surface area contributed by atoms with Crippen LogP contribution in [0, 0.1) is 0 Å². The fourth-order valence-corrected chi connectivity index (χ4v) is 5.24. The molecular formula is C36H25F9N2O5. The van der Waals surface area contributed by atoms with Crippen molar-refractivity contribution in [2.75, 3.05) is 17.2 Å². The number of amides is 2. The second-order valence-corrected chi connectivity index (χ2v) is 11.5. The molecule has 0 fully saturated rings. The summed E-state index contributed by atoms with van der Waals surface area (Å²) in [7, 11) is 0. The lowest BCUT2D eigenvalue weighted by molar-refractivity contribution is -0.399. The van der Waals surface area contributed by atoms with Crippen molar-refractivity contribution in [3.8, 4) is 5.75 Å². The van der Waals surface area contributed by atoms with Gasteiger partial charge in [-0.3, -0.25) is 19.2 Å². The number of anilines is 2. The first-order valence-electron chi connectivity index (χ1n) is 15.3. The topological polar surface area (TPSA) is 102 Å². The van der Waals surface area contributed by atoms with Crippen molar-refractivity contribution in [2.24, 2.45) is 0 Å². The van der Waals surface area contributed by atoms with Gasteiger partial charge in [0.05, 0.1) is 29.1 Å². The van der Waals surface area contributed by atoms with Gasteiger partial charge in [0.15, 0.2) is 11.6 Å². The Morgan fingerprint density at radius 2 is 1.06 bits per heavy atom. The average molecular weight is 737 g/mol. The number of ketones is 2. The van der Waals surface area contributed by atoms with Crippen LogP contribution >= 0.6 is 0 Å². The summed E-state index contributed by atoms with van der Waals surface area (Å²) in [5.41, 5.74) is -3.53. The minimum Gasteiger partial charge on any atom is -0.494 e. The van der Waals surface area contributed by atoms with E-state index in [2.05, 4.69) is 10.6 Å². The molecule has 52 heavy (non-hydrogen) atoms. The van der Waals surface area contributed by atoms with Gasteiger partial charge in [0.1, 0.15) is 5.75 Å². The van der Waals surface area contributed by atoms with E-state index in [0.29, 0.717) is 24.5 Å². The normalized spacial score (nSPS) is 13.3. The number of benzene rings is 4. The van der Waals surface area contributed by atoms with Crippen molar-refractivity contribution in [1.82, 2.24) is 0 Å². The van der Waals surface area contributed by atoms with Crippen LogP contribution in [0.3, 0.4) is 0 Å². The molecule has 0 spiro atoms. The fourth-order valence-electron chi connectivity index (χ4n) is 5.24. The Bertz CT molecular complexity index is 2040. The first kappa shape index (κ1) is 37.6. The Hall–Kier alpha value is -5.67. The van der Waals surface area contributed by atoms with E-state index in [0.717, 1.165) is 18.9 Å². The number of carbonyl (C=O) groups excluding carboxylic acids is 4. The maximum Gasteiger partial charge on any atom is 0.460 e.